The summed E-state index contributed by atoms with van der Waals surface area (Å²) in [7, 11) is 5.91. The molecule has 0 N–H and O–H groups in total. The summed E-state index contributed by atoms with van der Waals surface area (Å²) in [4.78, 5) is 32.5. The van der Waals surface area contributed by atoms with Crippen LogP contribution in [0.3, 0.4) is 0 Å². The lowest BCUT2D eigenvalue weighted by atomic mass is 10.1. The van der Waals surface area contributed by atoms with E-state index in [1.54, 1.807) is 11.8 Å². The first-order valence-corrected chi connectivity index (χ1v) is 10.4. The van der Waals surface area contributed by atoms with Gasteiger partial charge in [0.2, 0.25) is 5.91 Å². The van der Waals surface area contributed by atoms with Crippen LogP contribution >= 0.6 is 0 Å². The van der Waals surface area contributed by atoms with Crippen molar-refractivity contribution in [3.8, 4) is 0 Å². The van der Waals surface area contributed by atoms with Gasteiger partial charge in [0.25, 0.3) is 0 Å². The van der Waals surface area contributed by atoms with E-state index >= 15 is 0 Å². The van der Waals surface area contributed by atoms with E-state index in [1.807, 2.05) is 45.4 Å². The average molecular weight is 409 g/mol. The van der Waals surface area contributed by atoms with Crippen molar-refractivity contribution in [1.29, 1.82) is 0 Å². The maximum atomic E-state index is 12.7. The number of hydrogen-bond acceptors (Lipinski definition) is 5. The number of anilines is 2. The molecule has 1 amide bonds. The molecule has 6 nitrogen and oxygen atoms in total. The largest absolute Gasteiger partial charge is 0.378 e. The Morgan fingerprint density at radius 1 is 0.867 bits per heavy atom. The summed E-state index contributed by atoms with van der Waals surface area (Å²) in [5, 5.41) is 0. The van der Waals surface area contributed by atoms with Crippen LogP contribution in [0, 0.1) is 0 Å². The molecule has 1 saturated heterocycles. The topological polar surface area (TPSA) is 47.1 Å². The van der Waals surface area contributed by atoms with Gasteiger partial charge in [-0.15, -0.1) is 0 Å². The van der Waals surface area contributed by atoms with Crippen LogP contribution in [-0.2, 0) is 11.3 Å². The summed E-state index contributed by atoms with van der Waals surface area (Å²) >= 11 is 0. The standard InChI is InChI=1S/C24H32N4O2/c1-19(29)21-7-11-23(12-8-21)28-15-13-27(14-16-28)18-24(30)26(4)17-20-5-9-22(10-6-20)25(2)3/h5-12H,13-18H2,1-4H3. The molecule has 1 aliphatic heterocycles. The van der Waals surface area contributed by atoms with Gasteiger partial charge in [-0.2, -0.15) is 0 Å². The molecular weight excluding hydrogens is 376 g/mol. The van der Waals surface area contributed by atoms with Gasteiger partial charge in [0.15, 0.2) is 5.78 Å². The van der Waals surface area contributed by atoms with Gasteiger partial charge < -0.3 is 14.7 Å². The van der Waals surface area contributed by atoms with Gasteiger partial charge in [-0.05, 0) is 48.9 Å². The van der Waals surface area contributed by atoms with Gasteiger partial charge in [0.05, 0.1) is 6.54 Å². The van der Waals surface area contributed by atoms with Crippen molar-refractivity contribution < 1.29 is 9.59 Å². The van der Waals surface area contributed by atoms with Crippen LogP contribution in [0.1, 0.15) is 22.8 Å². The Labute approximate surface area is 179 Å². The molecule has 160 valence electrons. The maximum absolute atomic E-state index is 12.7. The molecule has 0 saturated carbocycles. The number of Topliss-reactive ketones (excluding diaryl/α,β-unsaturated/α-hetero) is 1. The minimum Gasteiger partial charge on any atom is -0.378 e. The predicted molar refractivity (Wildman–Crippen MR) is 122 cm³/mol. The fourth-order valence-electron chi connectivity index (χ4n) is 3.64. The van der Waals surface area contributed by atoms with E-state index < -0.39 is 0 Å². The van der Waals surface area contributed by atoms with Gasteiger partial charge >= 0.3 is 0 Å². The Morgan fingerprint density at radius 3 is 2.00 bits per heavy atom. The number of nitrogens with zero attached hydrogens (tertiary/aromatic N) is 4. The lowest BCUT2D eigenvalue weighted by molar-refractivity contribution is -0.131. The van der Waals surface area contributed by atoms with Crippen molar-refractivity contribution in [2.45, 2.75) is 13.5 Å². The molecule has 1 aliphatic rings. The van der Waals surface area contributed by atoms with Gasteiger partial charge in [-0.25, -0.2) is 0 Å². The molecule has 0 bridgehead atoms. The van der Waals surface area contributed by atoms with Crippen molar-refractivity contribution in [3.63, 3.8) is 0 Å². The van der Waals surface area contributed by atoms with Crippen LogP contribution in [0.5, 0.6) is 0 Å². The van der Waals surface area contributed by atoms with Crippen LogP contribution in [0.4, 0.5) is 11.4 Å². The second kappa shape index (κ2) is 9.76. The summed E-state index contributed by atoms with van der Waals surface area (Å²) in [5.41, 5.74) is 4.16. The van der Waals surface area contributed by atoms with Crippen LogP contribution in [0.15, 0.2) is 48.5 Å². The summed E-state index contributed by atoms with van der Waals surface area (Å²) in [6, 6.07) is 16.1. The van der Waals surface area contributed by atoms with E-state index in [0.29, 0.717) is 13.1 Å². The number of likely N-dealkylation sites (N-methyl/N-ethyl adjacent to an activating group) is 1. The number of ketones is 1. The molecule has 6 heteroatoms. The van der Waals surface area contributed by atoms with Gasteiger partial charge in [0.1, 0.15) is 0 Å². The highest BCUT2D eigenvalue weighted by Crippen LogP contribution is 2.18. The molecule has 0 radical (unpaired) electrons. The van der Waals surface area contributed by atoms with Crippen LogP contribution in [-0.4, -0.2) is 75.4 Å². The van der Waals surface area contributed by atoms with E-state index in [2.05, 4.69) is 39.0 Å². The first kappa shape index (κ1) is 21.8. The molecule has 0 aliphatic carbocycles. The predicted octanol–water partition coefficient (Wildman–Crippen LogP) is 2.74. The summed E-state index contributed by atoms with van der Waals surface area (Å²) in [6.07, 6.45) is 0. The number of carbonyl (C=O) groups excluding carboxylic acids is 2. The molecule has 30 heavy (non-hydrogen) atoms. The zero-order valence-corrected chi connectivity index (χ0v) is 18.5. The van der Waals surface area contributed by atoms with Crippen LogP contribution in [0.2, 0.25) is 0 Å². The Morgan fingerprint density at radius 2 is 1.47 bits per heavy atom. The smallest absolute Gasteiger partial charge is 0.236 e. The molecule has 0 aromatic heterocycles. The number of amides is 1. The van der Waals surface area contributed by atoms with E-state index in [-0.39, 0.29) is 11.7 Å². The second-order valence-electron chi connectivity index (χ2n) is 8.18. The number of benzene rings is 2. The third kappa shape index (κ3) is 5.60. The van der Waals surface area contributed by atoms with Gasteiger partial charge in [-0.1, -0.05) is 12.1 Å². The fourth-order valence-corrected chi connectivity index (χ4v) is 3.64. The van der Waals surface area contributed by atoms with E-state index in [4.69, 9.17) is 0 Å². The normalized spacial score (nSPS) is 14.5. The molecule has 2 aromatic rings. The zero-order chi connectivity index (χ0) is 21.7. The molecule has 1 heterocycles. The number of carbonyl (C=O) groups is 2. The molecule has 2 aromatic carbocycles. The number of piperazine rings is 1. The van der Waals surface area contributed by atoms with Crippen molar-refractivity contribution >= 4 is 23.1 Å². The first-order valence-electron chi connectivity index (χ1n) is 10.4. The first-order chi connectivity index (χ1) is 14.3. The third-order valence-electron chi connectivity index (χ3n) is 5.67. The second-order valence-corrected chi connectivity index (χ2v) is 8.18. The highest BCUT2D eigenvalue weighted by molar-refractivity contribution is 5.94. The maximum Gasteiger partial charge on any atom is 0.236 e. The van der Waals surface area contributed by atoms with E-state index in [9.17, 15) is 9.59 Å². The van der Waals surface area contributed by atoms with Crippen LogP contribution in [0.25, 0.3) is 0 Å². The van der Waals surface area contributed by atoms with Crippen molar-refractivity contribution in [2.75, 3.05) is 63.7 Å². The minimum atomic E-state index is 0.0858. The Balaban J connectivity index is 1.46. The molecule has 3 rings (SSSR count). The summed E-state index contributed by atoms with van der Waals surface area (Å²) in [6.45, 7) is 6.11. The Bertz CT molecular complexity index is 854. The molecule has 0 atom stereocenters. The number of rotatable bonds is 7. The highest BCUT2D eigenvalue weighted by atomic mass is 16.2. The Kier molecular flexibility index (Phi) is 7.11. The quantitative estimate of drug-likeness (QED) is 0.660. The molecule has 0 unspecified atom stereocenters. The molecular formula is C24H32N4O2. The fraction of sp³-hybridized carbons (Fsp3) is 0.417. The summed E-state index contributed by atoms with van der Waals surface area (Å²) < 4.78 is 0. The van der Waals surface area contributed by atoms with Crippen LogP contribution < -0.4 is 9.80 Å². The monoisotopic (exact) mass is 408 g/mol. The van der Waals surface area contributed by atoms with E-state index in [1.165, 1.54) is 0 Å². The zero-order valence-electron chi connectivity index (χ0n) is 18.5. The van der Waals surface area contributed by atoms with Crippen molar-refractivity contribution in [3.05, 3.63) is 59.7 Å². The minimum absolute atomic E-state index is 0.0858. The van der Waals surface area contributed by atoms with Gasteiger partial charge in [0, 0.05) is 70.8 Å². The summed E-state index contributed by atoms with van der Waals surface area (Å²) in [5.74, 6) is 0.230. The lowest BCUT2D eigenvalue weighted by Gasteiger charge is -2.36. The SMILES string of the molecule is CC(=O)c1ccc(N2CCN(CC(=O)N(C)Cc3ccc(N(C)C)cc3)CC2)cc1. The average Bonchev–Trinajstić information content (AvgIpc) is 2.74. The Hall–Kier alpha value is -2.86. The van der Waals surface area contributed by atoms with Gasteiger partial charge in [-0.3, -0.25) is 14.5 Å². The third-order valence-corrected chi connectivity index (χ3v) is 5.67. The van der Waals surface area contributed by atoms with E-state index in [0.717, 1.165) is 48.7 Å². The molecule has 1 fully saturated rings. The highest BCUT2D eigenvalue weighted by Gasteiger charge is 2.21. The number of hydrogen-bond donors (Lipinski definition) is 0. The lowest BCUT2D eigenvalue weighted by Crippen LogP contribution is -2.49. The van der Waals surface area contributed by atoms with Crippen molar-refractivity contribution in [2.24, 2.45) is 0 Å². The molecule has 0 spiro atoms. The van der Waals surface area contributed by atoms with Crippen molar-refractivity contribution in [1.82, 2.24) is 9.80 Å².